The normalized spacial score (nSPS) is 24.4. The highest BCUT2D eigenvalue weighted by Gasteiger charge is 2.35. The molecule has 4 heteroatoms. The van der Waals surface area contributed by atoms with Gasteiger partial charge in [0.25, 0.3) is 0 Å². The Kier molecular flexibility index (Phi) is 3.66. The van der Waals surface area contributed by atoms with Gasteiger partial charge in [-0.05, 0) is 45.4 Å². The minimum absolute atomic E-state index is 0.611. The number of hydrogen-bond acceptors (Lipinski definition) is 3. The fourth-order valence-corrected chi connectivity index (χ4v) is 3.95. The van der Waals surface area contributed by atoms with E-state index in [0.717, 1.165) is 29.7 Å². The van der Waals surface area contributed by atoms with Crippen molar-refractivity contribution in [1.29, 1.82) is 0 Å². The second kappa shape index (κ2) is 5.28. The number of hydrogen-bond donors (Lipinski definition) is 0. The molecule has 2 aliphatic rings. The van der Waals surface area contributed by atoms with E-state index in [-0.39, 0.29) is 0 Å². The van der Waals surface area contributed by atoms with Crippen LogP contribution in [0.1, 0.15) is 49.9 Å². The van der Waals surface area contributed by atoms with E-state index >= 15 is 0 Å². The molecule has 1 aromatic heterocycles. The summed E-state index contributed by atoms with van der Waals surface area (Å²) in [6, 6.07) is 0.673. The summed E-state index contributed by atoms with van der Waals surface area (Å²) >= 11 is 6.23. The topological polar surface area (TPSA) is 29.0 Å². The van der Waals surface area contributed by atoms with Crippen molar-refractivity contribution in [3.63, 3.8) is 0 Å². The Morgan fingerprint density at radius 2 is 1.79 bits per heavy atom. The molecular weight excluding hydrogens is 258 g/mol. The van der Waals surface area contributed by atoms with E-state index in [9.17, 15) is 0 Å². The maximum atomic E-state index is 6.23. The molecule has 0 aromatic carbocycles. The van der Waals surface area contributed by atoms with Gasteiger partial charge in [-0.1, -0.05) is 24.4 Å². The fourth-order valence-electron chi connectivity index (χ4n) is 3.75. The summed E-state index contributed by atoms with van der Waals surface area (Å²) < 4.78 is 0. The predicted octanol–water partition coefficient (Wildman–Crippen LogP) is 3.91. The van der Waals surface area contributed by atoms with Gasteiger partial charge in [0, 0.05) is 18.2 Å². The van der Waals surface area contributed by atoms with Gasteiger partial charge in [0.05, 0.1) is 0 Å². The summed E-state index contributed by atoms with van der Waals surface area (Å²) in [5.41, 5.74) is 1.04. The summed E-state index contributed by atoms with van der Waals surface area (Å²) in [5, 5.41) is 0.611. The van der Waals surface area contributed by atoms with Gasteiger partial charge in [-0.3, -0.25) is 0 Å². The van der Waals surface area contributed by atoms with Gasteiger partial charge in [0.2, 0.25) is 0 Å². The fraction of sp³-hybridized carbons (Fsp3) is 0.733. The third kappa shape index (κ3) is 2.45. The van der Waals surface area contributed by atoms with Crippen LogP contribution < -0.4 is 4.90 Å². The Morgan fingerprint density at radius 3 is 2.53 bits per heavy atom. The van der Waals surface area contributed by atoms with Crippen molar-refractivity contribution in [2.45, 2.75) is 58.4 Å². The van der Waals surface area contributed by atoms with Crippen molar-refractivity contribution in [1.82, 2.24) is 9.97 Å². The monoisotopic (exact) mass is 279 g/mol. The van der Waals surface area contributed by atoms with Gasteiger partial charge >= 0.3 is 0 Å². The Bertz CT molecular complexity index is 469. The summed E-state index contributed by atoms with van der Waals surface area (Å²) in [7, 11) is 0. The number of aryl methyl sites for hydroxylation is 1. The molecule has 3 nitrogen and oxygen atoms in total. The number of nitrogens with zero attached hydrogens (tertiary/aromatic N) is 3. The number of anilines is 1. The summed E-state index contributed by atoms with van der Waals surface area (Å²) in [6.07, 6.45) is 8.16. The molecular formula is C15H22ClN3. The van der Waals surface area contributed by atoms with Crippen molar-refractivity contribution in [3.8, 4) is 0 Å². The first-order chi connectivity index (χ1) is 9.16. The van der Waals surface area contributed by atoms with Crippen molar-refractivity contribution in [2.24, 2.45) is 5.92 Å². The average Bonchev–Trinajstić information content (AvgIpc) is 3.02. The molecule has 0 spiro atoms. The lowest BCUT2D eigenvalue weighted by Gasteiger charge is -2.31. The molecule has 2 fully saturated rings. The number of aromatic nitrogens is 2. The molecule has 1 unspecified atom stereocenters. The van der Waals surface area contributed by atoms with Gasteiger partial charge < -0.3 is 4.90 Å². The molecule has 1 saturated heterocycles. The SMILES string of the molecule is Cc1nc(Cl)c(C)c(N2CCCC2C2CCCC2)n1. The van der Waals surface area contributed by atoms with Crippen molar-refractivity contribution < 1.29 is 0 Å². The zero-order valence-electron chi connectivity index (χ0n) is 11.8. The summed E-state index contributed by atoms with van der Waals surface area (Å²) in [5.74, 6) is 2.71. The Morgan fingerprint density at radius 1 is 1.05 bits per heavy atom. The molecule has 0 amide bonds. The highest BCUT2D eigenvalue weighted by Crippen LogP contribution is 2.38. The van der Waals surface area contributed by atoms with E-state index in [2.05, 4.69) is 14.9 Å². The Hall–Kier alpha value is -0.830. The lowest BCUT2D eigenvalue weighted by atomic mass is 9.96. The molecule has 2 heterocycles. The molecule has 19 heavy (non-hydrogen) atoms. The number of halogens is 1. The Labute approximate surface area is 120 Å². The predicted molar refractivity (Wildman–Crippen MR) is 78.8 cm³/mol. The van der Waals surface area contributed by atoms with Gasteiger partial charge in [-0.15, -0.1) is 0 Å². The highest BCUT2D eigenvalue weighted by atomic mass is 35.5. The molecule has 104 valence electrons. The lowest BCUT2D eigenvalue weighted by Crippen LogP contribution is -2.36. The summed E-state index contributed by atoms with van der Waals surface area (Å²) in [4.78, 5) is 11.4. The second-order valence-corrected chi connectivity index (χ2v) is 6.32. The third-order valence-electron chi connectivity index (χ3n) is 4.69. The minimum Gasteiger partial charge on any atom is -0.353 e. The molecule has 1 atom stereocenters. The van der Waals surface area contributed by atoms with Crippen LogP contribution in [0.5, 0.6) is 0 Å². The quantitative estimate of drug-likeness (QED) is 0.769. The molecule has 1 aliphatic carbocycles. The largest absolute Gasteiger partial charge is 0.353 e. The van der Waals surface area contributed by atoms with E-state index in [1.165, 1.54) is 38.5 Å². The van der Waals surface area contributed by atoms with Crippen molar-refractivity contribution >= 4 is 17.4 Å². The summed E-state index contributed by atoms with van der Waals surface area (Å²) in [6.45, 7) is 5.09. The molecule has 0 radical (unpaired) electrons. The second-order valence-electron chi connectivity index (χ2n) is 5.96. The van der Waals surface area contributed by atoms with Crippen LogP contribution in [0.3, 0.4) is 0 Å². The molecule has 1 aliphatic heterocycles. The van der Waals surface area contributed by atoms with Crippen LogP contribution in [0.15, 0.2) is 0 Å². The van der Waals surface area contributed by atoms with E-state index in [1.54, 1.807) is 0 Å². The average molecular weight is 280 g/mol. The minimum atomic E-state index is 0.611. The van der Waals surface area contributed by atoms with Crippen LogP contribution >= 0.6 is 11.6 Å². The zero-order valence-corrected chi connectivity index (χ0v) is 12.6. The smallest absolute Gasteiger partial charge is 0.137 e. The number of rotatable bonds is 2. The first-order valence-corrected chi connectivity index (χ1v) is 7.82. The van der Waals surface area contributed by atoms with E-state index in [1.807, 2.05) is 13.8 Å². The standard InChI is InChI=1S/C15H22ClN3/c1-10-14(16)17-11(2)18-15(10)19-9-5-8-13(19)12-6-3-4-7-12/h12-13H,3-9H2,1-2H3. The van der Waals surface area contributed by atoms with Crippen LogP contribution in [0, 0.1) is 19.8 Å². The molecule has 0 N–H and O–H groups in total. The van der Waals surface area contributed by atoms with Gasteiger partial charge in [-0.25, -0.2) is 9.97 Å². The molecule has 1 aromatic rings. The lowest BCUT2D eigenvalue weighted by molar-refractivity contribution is 0.428. The maximum Gasteiger partial charge on any atom is 0.137 e. The van der Waals surface area contributed by atoms with E-state index in [4.69, 9.17) is 11.6 Å². The molecule has 1 saturated carbocycles. The first-order valence-electron chi connectivity index (χ1n) is 7.44. The Balaban J connectivity index is 1.91. The highest BCUT2D eigenvalue weighted by molar-refractivity contribution is 6.30. The first kappa shape index (κ1) is 13.2. The van der Waals surface area contributed by atoms with E-state index < -0.39 is 0 Å². The molecule has 3 rings (SSSR count). The van der Waals surface area contributed by atoms with Crippen molar-refractivity contribution in [2.75, 3.05) is 11.4 Å². The maximum absolute atomic E-state index is 6.23. The van der Waals surface area contributed by atoms with Gasteiger partial charge in [0.1, 0.15) is 16.8 Å². The van der Waals surface area contributed by atoms with Crippen LogP contribution in [0.4, 0.5) is 5.82 Å². The zero-order chi connectivity index (χ0) is 13.4. The van der Waals surface area contributed by atoms with Crippen LogP contribution in [-0.2, 0) is 0 Å². The van der Waals surface area contributed by atoms with Crippen LogP contribution in [-0.4, -0.2) is 22.6 Å². The van der Waals surface area contributed by atoms with Gasteiger partial charge in [0.15, 0.2) is 0 Å². The van der Waals surface area contributed by atoms with Crippen molar-refractivity contribution in [3.05, 3.63) is 16.5 Å². The van der Waals surface area contributed by atoms with Crippen LogP contribution in [0.2, 0.25) is 5.15 Å². The molecule has 0 bridgehead atoms. The van der Waals surface area contributed by atoms with E-state index in [0.29, 0.717) is 11.2 Å². The third-order valence-corrected chi connectivity index (χ3v) is 5.06. The van der Waals surface area contributed by atoms with Gasteiger partial charge in [-0.2, -0.15) is 0 Å². The van der Waals surface area contributed by atoms with Crippen LogP contribution in [0.25, 0.3) is 0 Å².